The van der Waals surface area contributed by atoms with Crippen molar-refractivity contribution in [2.45, 2.75) is 25.6 Å². The van der Waals surface area contributed by atoms with Crippen molar-refractivity contribution in [3.8, 4) is 0 Å². The van der Waals surface area contributed by atoms with Crippen molar-refractivity contribution in [2.24, 2.45) is 5.73 Å². The lowest BCUT2D eigenvalue weighted by atomic mass is 10.0. The van der Waals surface area contributed by atoms with Crippen LogP contribution in [0.3, 0.4) is 0 Å². The van der Waals surface area contributed by atoms with Gasteiger partial charge in [-0.15, -0.1) is 0 Å². The molecule has 0 spiro atoms. The molecule has 0 aliphatic carbocycles. The molecule has 2 nitrogen and oxygen atoms in total. The molecule has 0 heterocycles. The van der Waals surface area contributed by atoms with Crippen molar-refractivity contribution in [3.63, 3.8) is 0 Å². The molecular formula is C11H11F4NO. The molecule has 2 N–H and O–H groups in total. The van der Waals surface area contributed by atoms with Crippen molar-refractivity contribution in [1.29, 1.82) is 0 Å². The molecule has 1 atom stereocenters. The average molecular weight is 249 g/mol. The maximum absolute atomic E-state index is 12.9. The van der Waals surface area contributed by atoms with E-state index in [1.807, 2.05) is 0 Å². The van der Waals surface area contributed by atoms with Crippen LogP contribution in [0, 0.1) is 5.82 Å². The Morgan fingerprint density at radius 2 is 2.00 bits per heavy atom. The molecule has 0 aromatic heterocycles. The first-order valence-corrected chi connectivity index (χ1v) is 4.94. The number of carbonyl (C=O) groups is 1. The van der Waals surface area contributed by atoms with Crippen LogP contribution in [-0.4, -0.2) is 11.8 Å². The Labute approximate surface area is 95.4 Å². The summed E-state index contributed by atoms with van der Waals surface area (Å²) in [5.41, 5.74) is 3.74. The highest BCUT2D eigenvalue weighted by molar-refractivity contribution is 6.00. The minimum Gasteiger partial charge on any atom is -0.321 e. The van der Waals surface area contributed by atoms with Crippen molar-refractivity contribution in [2.75, 3.05) is 0 Å². The van der Waals surface area contributed by atoms with Gasteiger partial charge in [0.15, 0.2) is 5.78 Å². The van der Waals surface area contributed by atoms with Gasteiger partial charge < -0.3 is 5.73 Å². The van der Waals surface area contributed by atoms with E-state index in [4.69, 9.17) is 5.73 Å². The molecule has 94 valence electrons. The number of Topliss-reactive ketones (excluding diaryl/α,β-unsaturated/α-hetero) is 1. The first-order valence-electron chi connectivity index (χ1n) is 4.94. The highest BCUT2D eigenvalue weighted by atomic mass is 19.4. The van der Waals surface area contributed by atoms with Crippen molar-refractivity contribution in [3.05, 3.63) is 35.1 Å². The molecule has 0 aliphatic rings. The predicted molar refractivity (Wildman–Crippen MR) is 54.0 cm³/mol. The highest BCUT2D eigenvalue weighted by Gasteiger charge is 2.34. The van der Waals surface area contributed by atoms with Crippen LogP contribution in [0.1, 0.15) is 29.3 Å². The summed E-state index contributed by atoms with van der Waals surface area (Å²) in [6.07, 6.45) is -4.52. The van der Waals surface area contributed by atoms with Crippen LogP contribution in [0.5, 0.6) is 0 Å². The summed E-state index contributed by atoms with van der Waals surface area (Å²) >= 11 is 0. The summed E-state index contributed by atoms with van der Waals surface area (Å²) in [5, 5.41) is 0. The second-order valence-electron chi connectivity index (χ2n) is 3.57. The molecule has 0 saturated heterocycles. The van der Waals surface area contributed by atoms with Crippen LogP contribution in [0.4, 0.5) is 17.6 Å². The Morgan fingerprint density at radius 1 is 1.41 bits per heavy atom. The monoisotopic (exact) mass is 249 g/mol. The zero-order valence-electron chi connectivity index (χ0n) is 9.01. The molecule has 17 heavy (non-hydrogen) atoms. The lowest BCUT2D eigenvalue weighted by Crippen LogP contribution is -2.29. The Balaban J connectivity index is 3.18. The third-order valence-corrected chi connectivity index (χ3v) is 2.33. The number of nitrogens with two attached hydrogens (primary N) is 1. The van der Waals surface area contributed by atoms with E-state index in [1.54, 1.807) is 6.92 Å². The van der Waals surface area contributed by atoms with E-state index in [-0.39, 0.29) is 5.56 Å². The summed E-state index contributed by atoms with van der Waals surface area (Å²) < 4.78 is 50.1. The zero-order chi connectivity index (χ0) is 13.2. The molecule has 0 fully saturated rings. The van der Waals surface area contributed by atoms with E-state index in [9.17, 15) is 22.4 Å². The molecule has 0 radical (unpaired) electrons. The van der Waals surface area contributed by atoms with Crippen molar-refractivity contribution < 1.29 is 22.4 Å². The number of rotatable bonds is 3. The number of halogens is 4. The van der Waals surface area contributed by atoms with Crippen LogP contribution in [0.25, 0.3) is 0 Å². The SMILES string of the molecule is CCC(N)C(=O)c1ccc(F)c(C(F)(F)F)c1. The van der Waals surface area contributed by atoms with Crippen LogP contribution < -0.4 is 5.73 Å². The fourth-order valence-corrected chi connectivity index (χ4v) is 1.30. The zero-order valence-corrected chi connectivity index (χ0v) is 9.01. The third kappa shape index (κ3) is 3.03. The Hall–Kier alpha value is -1.43. The number of alkyl halides is 3. The van der Waals surface area contributed by atoms with Gasteiger partial charge in [-0.3, -0.25) is 4.79 Å². The topological polar surface area (TPSA) is 43.1 Å². The maximum Gasteiger partial charge on any atom is 0.419 e. The third-order valence-electron chi connectivity index (χ3n) is 2.33. The summed E-state index contributed by atoms with van der Waals surface area (Å²) in [6, 6.07) is 1.25. The molecular weight excluding hydrogens is 238 g/mol. The standard InChI is InChI=1S/C11H11F4NO/c1-2-9(16)10(17)6-3-4-8(12)7(5-6)11(13,14)15/h3-5,9H,2,16H2,1H3. The second kappa shape index (κ2) is 4.83. The van der Waals surface area contributed by atoms with Gasteiger partial charge in [0, 0.05) is 5.56 Å². The molecule has 0 bridgehead atoms. The maximum atomic E-state index is 12.9. The van der Waals surface area contributed by atoms with Crippen LogP contribution in [0.15, 0.2) is 18.2 Å². The highest BCUT2D eigenvalue weighted by Crippen LogP contribution is 2.32. The predicted octanol–water partition coefficient (Wildman–Crippen LogP) is 2.76. The van der Waals surface area contributed by atoms with E-state index >= 15 is 0 Å². The quantitative estimate of drug-likeness (QED) is 0.661. The van der Waals surface area contributed by atoms with E-state index in [1.165, 1.54) is 0 Å². The Bertz CT molecular complexity index is 428. The lowest BCUT2D eigenvalue weighted by molar-refractivity contribution is -0.140. The van der Waals surface area contributed by atoms with E-state index in [0.29, 0.717) is 18.6 Å². The molecule has 6 heteroatoms. The fourth-order valence-electron chi connectivity index (χ4n) is 1.30. The lowest BCUT2D eigenvalue weighted by Gasteiger charge is -2.11. The summed E-state index contributed by atoms with van der Waals surface area (Å²) in [6.45, 7) is 1.64. The van der Waals surface area contributed by atoms with Crippen LogP contribution in [-0.2, 0) is 6.18 Å². The summed E-state index contributed by atoms with van der Waals surface area (Å²) in [7, 11) is 0. The number of hydrogen-bond acceptors (Lipinski definition) is 2. The van der Waals surface area contributed by atoms with Gasteiger partial charge in [0.05, 0.1) is 11.6 Å². The molecule has 1 unspecified atom stereocenters. The van der Waals surface area contributed by atoms with Gasteiger partial charge in [-0.25, -0.2) is 4.39 Å². The van der Waals surface area contributed by atoms with Gasteiger partial charge in [-0.05, 0) is 24.6 Å². The van der Waals surface area contributed by atoms with E-state index in [0.717, 1.165) is 6.07 Å². The first-order chi connectivity index (χ1) is 7.77. The normalized spacial score (nSPS) is 13.5. The number of ketones is 1. The van der Waals surface area contributed by atoms with Gasteiger partial charge in [0.1, 0.15) is 5.82 Å². The summed E-state index contributed by atoms with van der Waals surface area (Å²) in [4.78, 5) is 11.6. The minimum atomic E-state index is -4.82. The van der Waals surface area contributed by atoms with Crippen molar-refractivity contribution in [1.82, 2.24) is 0 Å². The fraction of sp³-hybridized carbons (Fsp3) is 0.364. The minimum absolute atomic E-state index is 0.229. The molecule has 1 aromatic rings. The van der Waals surface area contributed by atoms with Gasteiger partial charge in [0.25, 0.3) is 0 Å². The van der Waals surface area contributed by atoms with Gasteiger partial charge in [0.2, 0.25) is 0 Å². The number of hydrogen-bond donors (Lipinski definition) is 1. The molecule has 0 aliphatic heterocycles. The first kappa shape index (κ1) is 13.6. The summed E-state index contributed by atoms with van der Waals surface area (Å²) in [5.74, 6) is -2.03. The van der Waals surface area contributed by atoms with E-state index in [2.05, 4.69) is 0 Å². The largest absolute Gasteiger partial charge is 0.419 e. The number of benzene rings is 1. The Morgan fingerprint density at radius 3 is 2.47 bits per heavy atom. The van der Waals surface area contributed by atoms with Crippen LogP contribution >= 0.6 is 0 Å². The molecule has 1 rings (SSSR count). The van der Waals surface area contributed by atoms with Crippen molar-refractivity contribution >= 4 is 5.78 Å². The van der Waals surface area contributed by atoms with Gasteiger partial charge in [-0.2, -0.15) is 13.2 Å². The van der Waals surface area contributed by atoms with Gasteiger partial charge in [-0.1, -0.05) is 6.92 Å². The van der Waals surface area contributed by atoms with E-state index < -0.39 is 29.4 Å². The smallest absolute Gasteiger partial charge is 0.321 e. The van der Waals surface area contributed by atoms with Gasteiger partial charge >= 0.3 is 6.18 Å². The molecule has 0 saturated carbocycles. The van der Waals surface area contributed by atoms with Crippen LogP contribution in [0.2, 0.25) is 0 Å². The molecule has 1 aromatic carbocycles. The molecule has 0 amide bonds. The number of carbonyl (C=O) groups excluding carboxylic acids is 1. The Kier molecular flexibility index (Phi) is 3.87. The average Bonchev–Trinajstić information content (AvgIpc) is 2.26. The second-order valence-corrected chi connectivity index (χ2v) is 3.57.